The minimum atomic E-state index is -4.55. The van der Waals surface area contributed by atoms with Gasteiger partial charge in [-0.05, 0) is 60.0 Å². The fraction of sp³-hybridized carbons (Fsp3) is 0.667. The maximum atomic E-state index is 12.9. The molecule has 2 rings (SSSR count). The number of nitrogens with zero attached hydrogens (tertiary/aromatic N) is 2. The highest BCUT2D eigenvalue weighted by atomic mass is 19.4. The van der Waals surface area contributed by atoms with Gasteiger partial charge in [-0.2, -0.15) is 13.2 Å². The van der Waals surface area contributed by atoms with Crippen molar-refractivity contribution in [2.75, 3.05) is 6.54 Å². The highest BCUT2D eigenvalue weighted by Crippen LogP contribution is 2.36. The van der Waals surface area contributed by atoms with E-state index in [2.05, 4.69) is 4.98 Å². The molecular weight excluding hydrogens is 376 g/mol. The molecule has 1 aromatic rings. The van der Waals surface area contributed by atoms with E-state index in [1.807, 2.05) is 27.7 Å². The molecule has 0 atom stereocenters. The van der Waals surface area contributed by atoms with Gasteiger partial charge in [0, 0.05) is 17.8 Å². The fourth-order valence-electron chi connectivity index (χ4n) is 2.51. The fourth-order valence-corrected chi connectivity index (χ4v) is 2.51. The Morgan fingerprint density at radius 1 is 1.18 bits per heavy atom. The first-order valence-corrected chi connectivity index (χ1v) is 8.90. The van der Waals surface area contributed by atoms with Crippen molar-refractivity contribution in [1.82, 2.24) is 9.88 Å². The standard InChI is InChI=1S/C18H26BF3N2O4/c1-15(2,3)24(11-18(20,21)22)14(25)26-13-10-12(8-9-23-13)19-27-16(4,5)17(6,7)28-19/h8-10H,11H2,1-7H3. The topological polar surface area (TPSA) is 60.9 Å². The van der Waals surface area contributed by atoms with Gasteiger partial charge in [0.05, 0.1) is 11.2 Å². The van der Waals surface area contributed by atoms with Crippen LogP contribution in [0.4, 0.5) is 18.0 Å². The van der Waals surface area contributed by atoms with E-state index in [0.29, 0.717) is 10.4 Å². The van der Waals surface area contributed by atoms with Crippen LogP contribution >= 0.6 is 0 Å². The van der Waals surface area contributed by atoms with Crippen LogP contribution in [0.15, 0.2) is 18.3 Å². The lowest BCUT2D eigenvalue weighted by Crippen LogP contribution is -2.51. The second-order valence-corrected chi connectivity index (χ2v) is 8.76. The van der Waals surface area contributed by atoms with Gasteiger partial charge in [-0.1, -0.05) is 0 Å². The number of hydrogen-bond acceptors (Lipinski definition) is 5. The molecule has 2 heterocycles. The number of hydrogen-bond donors (Lipinski definition) is 0. The summed E-state index contributed by atoms with van der Waals surface area (Å²) in [6, 6.07) is 3.06. The second kappa shape index (κ2) is 7.22. The van der Waals surface area contributed by atoms with Crippen molar-refractivity contribution < 1.29 is 32.0 Å². The third-order valence-corrected chi connectivity index (χ3v) is 4.84. The molecule has 1 amide bonds. The van der Waals surface area contributed by atoms with E-state index in [-0.39, 0.29) is 5.88 Å². The Kier molecular flexibility index (Phi) is 5.80. The van der Waals surface area contributed by atoms with Crippen LogP contribution in [0.25, 0.3) is 0 Å². The normalized spacial score (nSPS) is 18.9. The van der Waals surface area contributed by atoms with Crippen molar-refractivity contribution in [3.05, 3.63) is 18.3 Å². The third-order valence-electron chi connectivity index (χ3n) is 4.84. The lowest BCUT2D eigenvalue weighted by Gasteiger charge is -2.34. The van der Waals surface area contributed by atoms with Gasteiger partial charge in [0.2, 0.25) is 5.88 Å². The Morgan fingerprint density at radius 2 is 1.71 bits per heavy atom. The van der Waals surface area contributed by atoms with Crippen LogP contribution in [0, 0.1) is 0 Å². The van der Waals surface area contributed by atoms with Gasteiger partial charge in [-0.15, -0.1) is 0 Å². The Bertz CT molecular complexity index is 716. The molecule has 1 fully saturated rings. The molecule has 28 heavy (non-hydrogen) atoms. The minimum absolute atomic E-state index is 0.131. The molecule has 0 aromatic carbocycles. The van der Waals surface area contributed by atoms with Crippen molar-refractivity contribution in [2.45, 2.75) is 71.4 Å². The van der Waals surface area contributed by atoms with Crippen LogP contribution in [0.5, 0.6) is 5.88 Å². The van der Waals surface area contributed by atoms with Crippen molar-refractivity contribution >= 4 is 18.7 Å². The third kappa shape index (κ3) is 5.17. The SMILES string of the molecule is CC(C)(C)N(CC(F)(F)F)C(=O)Oc1cc(B2OC(C)(C)C(C)(C)O2)ccn1. The van der Waals surface area contributed by atoms with Crippen LogP contribution in [-0.4, -0.2) is 52.6 Å². The molecule has 1 aliphatic rings. The van der Waals surface area contributed by atoms with Crippen LogP contribution in [-0.2, 0) is 9.31 Å². The maximum Gasteiger partial charge on any atom is 0.495 e. The summed E-state index contributed by atoms with van der Waals surface area (Å²) in [5.41, 5.74) is -1.66. The molecule has 0 bridgehead atoms. The van der Waals surface area contributed by atoms with Gasteiger partial charge < -0.3 is 14.0 Å². The quantitative estimate of drug-likeness (QED) is 0.724. The average Bonchev–Trinajstić information content (AvgIpc) is 2.71. The molecule has 0 spiro atoms. The molecule has 0 N–H and O–H groups in total. The summed E-state index contributed by atoms with van der Waals surface area (Å²) in [4.78, 5) is 16.9. The smallest absolute Gasteiger partial charge is 0.399 e. The Balaban J connectivity index is 2.19. The van der Waals surface area contributed by atoms with Gasteiger partial charge in [0.15, 0.2) is 0 Å². The first-order valence-electron chi connectivity index (χ1n) is 8.90. The molecule has 6 nitrogen and oxygen atoms in total. The average molecular weight is 402 g/mol. The van der Waals surface area contributed by atoms with Crippen LogP contribution in [0.2, 0.25) is 0 Å². The molecule has 0 radical (unpaired) electrons. The summed E-state index contributed by atoms with van der Waals surface area (Å²) in [5.74, 6) is -0.131. The summed E-state index contributed by atoms with van der Waals surface area (Å²) in [5, 5.41) is 0. The van der Waals surface area contributed by atoms with Crippen LogP contribution < -0.4 is 10.2 Å². The van der Waals surface area contributed by atoms with E-state index in [1.54, 1.807) is 6.07 Å². The zero-order valence-electron chi connectivity index (χ0n) is 17.2. The molecule has 10 heteroatoms. The summed E-state index contributed by atoms with van der Waals surface area (Å²) in [6.45, 7) is 10.6. The molecule has 0 aliphatic carbocycles. The molecule has 0 saturated carbocycles. The highest BCUT2D eigenvalue weighted by molar-refractivity contribution is 6.62. The van der Waals surface area contributed by atoms with E-state index < -0.39 is 42.7 Å². The van der Waals surface area contributed by atoms with Crippen LogP contribution in [0.1, 0.15) is 48.5 Å². The second-order valence-electron chi connectivity index (χ2n) is 8.76. The number of ether oxygens (including phenoxy) is 1. The molecule has 1 saturated heterocycles. The number of alkyl halides is 3. The summed E-state index contributed by atoms with van der Waals surface area (Å²) >= 11 is 0. The lowest BCUT2D eigenvalue weighted by molar-refractivity contribution is -0.149. The zero-order chi connectivity index (χ0) is 21.5. The lowest BCUT2D eigenvalue weighted by atomic mass is 9.80. The summed E-state index contributed by atoms with van der Waals surface area (Å²) in [7, 11) is -0.709. The van der Waals surface area contributed by atoms with Crippen LogP contribution in [0.3, 0.4) is 0 Å². The Labute approximate surface area is 163 Å². The van der Waals surface area contributed by atoms with E-state index in [1.165, 1.54) is 33.0 Å². The van der Waals surface area contributed by atoms with Gasteiger partial charge in [-0.3, -0.25) is 4.90 Å². The van der Waals surface area contributed by atoms with Gasteiger partial charge in [0.25, 0.3) is 0 Å². The Hall–Kier alpha value is -1.81. The van der Waals surface area contributed by atoms with Gasteiger partial charge in [-0.25, -0.2) is 9.78 Å². The van der Waals surface area contributed by atoms with Gasteiger partial charge in [0.1, 0.15) is 6.54 Å². The highest BCUT2D eigenvalue weighted by Gasteiger charge is 2.51. The minimum Gasteiger partial charge on any atom is -0.399 e. The van der Waals surface area contributed by atoms with Crippen molar-refractivity contribution in [3.63, 3.8) is 0 Å². The number of rotatable bonds is 3. The van der Waals surface area contributed by atoms with Crippen molar-refractivity contribution in [3.8, 4) is 5.88 Å². The number of carbonyl (C=O) groups is 1. The maximum absolute atomic E-state index is 12.9. The largest absolute Gasteiger partial charge is 0.495 e. The first-order chi connectivity index (χ1) is 12.5. The number of amides is 1. The van der Waals surface area contributed by atoms with E-state index in [0.717, 1.165) is 0 Å². The number of aromatic nitrogens is 1. The predicted molar refractivity (Wildman–Crippen MR) is 98.5 cm³/mol. The van der Waals surface area contributed by atoms with Crippen molar-refractivity contribution in [1.29, 1.82) is 0 Å². The molecule has 1 aliphatic heterocycles. The van der Waals surface area contributed by atoms with E-state index in [4.69, 9.17) is 14.0 Å². The molecule has 0 unspecified atom stereocenters. The number of pyridine rings is 1. The van der Waals surface area contributed by atoms with Crippen molar-refractivity contribution in [2.24, 2.45) is 0 Å². The summed E-state index contributed by atoms with van der Waals surface area (Å²) < 4.78 is 55.5. The summed E-state index contributed by atoms with van der Waals surface area (Å²) in [6.07, 6.45) is -4.30. The Morgan fingerprint density at radius 3 is 2.18 bits per heavy atom. The van der Waals surface area contributed by atoms with Gasteiger partial charge >= 0.3 is 19.4 Å². The van der Waals surface area contributed by atoms with E-state index in [9.17, 15) is 18.0 Å². The number of halogens is 3. The number of carbonyl (C=O) groups excluding carboxylic acids is 1. The zero-order valence-corrected chi connectivity index (χ0v) is 17.2. The first kappa shape index (κ1) is 22.5. The predicted octanol–water partition coefficient (Wildman–Crippen LogP) is 3.54. The molecular formula is C18H26BF3N2O4. The van der Waals surface area contributed by atoms with E-state index >= 15 is 0 Å². The molecule has 1 aromatic heterocycles. The monoisotopic (exact) mass is 402 g/mol. The molecule has 156 valence electrons.